The Hall–Kier alpha value is -1.15. The molecule has 0 aliphatic heterocycles. The maximum Gasteiger partial charge on any atom is 0.284 e. The van der Waals surface area contributed by atoms with Crippen LogP contribution in [0.4, 0.5) is 23.2 Å². The molecule has 0 bridgehead atoms. The zero-order valence-electron chi connectivity index (χ0n) is 10.5. The molecule has 0 saturated carbocycles. The molecule has 2 rings (SSSR count). The highest BCUT2D eigenvalue weighted by Gasteiger charge is 2.11. The molecule has 114 valence electrons. The number of thioether (sulfide) groups is 1. The molecule has 1 N–H and O–H groups in total. The first-order valence-corrected chi connectivity index (χ1v) is 7.65. The van der Waals surface area contributed by atoms with Crippen molar-refractivity contribution in [3.8, 4) is 0 Å². The summed E-state index contributed by atoms with van der Waals surface area (Å²) < 4.78 is 56.2. The summed E-state index contributed by atoms with van der Waals surface area (Å²) in [7, 11) is 0. The third kappa shape index (κ3) is 4.67. The van der Waals surface area contributed by atoms with Crippen molar-refractivity contribution in [2.75, 3.05) is 5.32 Å². The summed E-state index contributed by atoms with van der Waals surface area (Å²) in [5.41, 5.74) is 0.108. The maximum atomic E-state index is 13.6. The van der Waals surface area contributed by atoms with Crippen molar-refractivity contribution in [2.45, 2.75) is 18.1 Å². The number of rotatable bonds is 6. The Balaban J connectivity index is 1.97. The van der Waals surface area contributed by atoms with Crippen LogP contribution < -0.4 is 5.32 Å². The SMILES string of the molecule is Fc1cc(F)c(NCc2ccc(CSC(F)F)o2)c(Br)c1. The summed E-state index contributed by atoms with van der Waals surface area (Å²) in [6.45, 7) is 0.153. The van der Waals surface area contributed by atoms with E-state index in [0.29, 0.717) is 23.3 Å². The molecule has 2 aromatic rings. The van der Waals surface area contributed by atoms with Crippen LogP contribution in [0, 0.1) is 11.6 Å². The lowest BCUT2D eigenvalue weighted by atomic mass is 10.3. The molecule has 0 amide bonds. The van der Waals surface area contributed by atoms with E-state index in [4.69, 9.17) is 4.42 Å². The van der Waals surface area contributed by atoms with Gasteiger partial charge in [-0.05, 0) is 34.1 Å². The first-order valence-electron chi connectivity index (χ1n) is 5.81. The average Bonchev–Trinajstić information content (AvgIpc) is 2.83. The lowest BCUT2D eigenvalue weighted by molar-refractivity contribution is 0.251. The summed E-state index contributed by atoms with van der Waals surface area (Å²) in [5, 5.41) is 2.77. The number of halogens is 5. The zero-order valence-corrected chi connectivity index (χ0v) is 12.9. The second kappa shape index (κ2) is 7.22. The second-order valence-electron chi connectivity index (χ2n) is 4.04. The number of alkyl halides is 2. The summed E-state index contributed by atoms with van der Waals surface area (Å²) >= 11 is 3.52. The smallest absolute Gasteiger partial charge is 0.284 e. The van der Waals surface area contributed by atoms with Crippen molar-refractivity contribution >= 4 is 33.4 Å². The van der Waals surface area contributed by atoms with Crippen LogP contribution in [0.3, 0.4) is 0 Å². The number of benzene rings is 1. The summed E-state index contributed by atoms with van der Waals surface area (Å²) in [6.07, 6.45) is 0. The highest BCUT2D eigenvalue weighted by molar-refractivity contribution is 9.10. The van der Waals surface area contributed by atoms with Gasteiger partial charge in [-0.3, -0.25) is 0 Å². The van der Waals surface area contributed by atoms with Crippen molar-refractivity contribution in [2.24, 2.45) is 0 Å². The molecule has 0 radical (unpaired) electrons. The Kier molecular flexibility index (Phi) is 5.58. The van der Waals surface area contributed by atoms with Gasteiger partial charge in [0.1, 0.15) is 23.2 Å². The number of nitrogens with one attached hydrogen (secondary N) is 1. The van der Waals surface area contributed by atoms with Gasteiger partial charge in [-0.15, -0.1) is 0 Å². The Morgan fingerprint density at radius 1 is 1.19 bits per heavy atom. The van der Waals surface area contributed by atoms with Crippen molar-refractivity contribution in [3.63, 3.8) is 0 Å². The van der Waals surface area contributed by atoms with Gasteiger partial charge < -0.3 is 9.73 Å². The number of hydrogen-bond acceptors (Lipinski definition) is 3. The molecule has 8 heteroatoms. The molecule has 2 nitrogen and oxygen atoms in total. The molecule has 0 atom stereocenters. The quantitative estimate of drug-likeness (QED) is 0.677. The highest BCUT2D eigenvalue weighted by Crippen LogP contribution is 2.28. The summed E-state index contributed by atoms with van der Waals surface area (Å²) in [5.74, 6) is -2.94. The van der Waals surface area contributed by atoms with E-state index in [9.17, 15) is 17.6 Å². The van der Waals surface area contributed by atoms with Crippen molar-refractivity contribution in [3.05, 3.63) is 51.9 Å². The first kappa shape index (κ1) is 16.2. The van der Waals surface area contributed by atoms with Crippen LogP contribution in [-0.4, -0.2) is 5.76 Å². The van der Waals surface area contributed by atoms with Gasteiger partial charge in [0.2, 0.25) is 0 Å². The fourth-order valence-corrected chi connectivity index (χ4v) is 2.62. The molecule has 0 aliphatic rings. The lowest BCUT2D eigenvalue weighted by Gasteiger charge is -2.08. The standard InChI is InChI=1S/C13H10BrF4NOS/c14-10-3-7(15)4-11(16)12(10)19-5-8-1-2-9(20-8)6-21-13(17)18/h1-4,13,19H,5-6H2. The molecule has 1 heterocycles. The van der Waals surface area contributed by atoms with Gasteiger partial charge in [-0.25, -0.2) is 8.78 Å². The molecule has 21 heavy (non-hydrogen) atoms. The van der Waals surface area contributed by atoms with Crippen LogP contribution in [0.25, 0.3) is 0 Å². The van der Waals surface area contributed by atoms with Gasteiger partial charge in [0, 0.05) is 10.5 Å². The Labute approximate surface area is 131 Å². The maximum absolute atomic E-state index is 13.6. The van der Waals surface area contributed by atoms with E-state index < -0.39 is 17.4 Å². The molecular weight excluding hydrogens is 374 g/mol. The fourth-order valence-electron chi connectivity index (χ4n) is 1.63. The van der Waals surface area contributed by atoms with Crippen LogP contribution in [-0.2, 0) is 12.3 Å². The van der Waals surface area contributed by atoms with Crippen molar-refractivity contribution in [1.29, 1.82) is 0 Å². The Morgan fingerprint density at radius 2 is 1.90 bits per heavy atom. The van der Waals surface area contributed by atoms with Gasteiger partial charge in [0.15, 0.2) is 0 Å². The number of hydrogen-bond donors (Lipinski definition) is 1. The molecular formula is C13H10BrF4NOS. The van der Waals surface area contributed by atoms with Crippen LogP contribution in [0.2, 0.25) is 0 Å². The minimum absolute atomic E-state index is 0.0618. The largest absolute Gasteiger partial charge is 0.463 e. The molecule has 0 fully saturated rings. The van der Waals surface area contributed by atoms with E-state index >= 15 is 0 Å². The zero-order chi connectivity index (χ0) is 15.4. The van der Waals surface area contributed by atoms with Crippen LogP contribution in [0.5, 0.6) is 0 Å². The molecule has 0 saturated heterocycles. The van der Waals surface area contributed by atoms with Gasteiger partial charge in [-0.1, -0.05) is 11.8 Å². The topological polar surface area (TPSA) is 25.2 Å². The van der Waals surface area contributed by atoms with E-state index in [0.717, 1.165) is 12.1 Å². The van der Waals surface area contributed by atoms with E-state index in [1.165, 1.54) is 0 Å². The molecule has 0 unspecified atom stereocenters. The van der Waals surface area contributed by atoms with E-state index in [2.05, 4.69) is 21.2 Å². The van der Waals surface area contributed by atoms with Crippen LogP contribution >= 0.6 is 27.7 Å². The third-order valence-corrected chi connectivity index (χ3v) is 3.84. The van der Waals surface area contributed by atoms with Gasteiger partial charge in [0.05, 0.1) is 18.0 Å². The highest BCUT2D eigenvalue weighted by atomic mass is 79.9. The van der Waals surface area contributed by atoms with E-state index in [1.54, 1.807) is 12.1 Å². The third-order valence-electron chi connectivity index (χ3n) is 2.52. The number of furan rings is 1. The first-order chi connectivity index (χ1) is 9.95. The predicted octanol–water partition coefficient (Wildman–Crippen LogP) is 5.39. The monoisotopic (exact) mass is 383 g/mol. The van der Waals surface area contributed by atoms with E-state index in [1.807, 2.05) is 0 Å². The van der Waals surface area contributed by atoms with Gasteiger partial charge >= 0.3 is 0 Å². The Morgan fingerprint density at radius 3 is 2.57 bits per heavy atom. The second-order valence-corrected chi connectivity index (χ2v) is 5.87. The van der Waals surface area contributed by atoms with E-state index in [-0.39, 0.29) is 22.5 Å². The van der Waals surface area contributed by atoms with Crippen LogP contribution in [0.15, 0.2) is 33.2 Å². The molecule has 1 aromatic heterocycles. The summed E-state index contributed by atoms with van der Waals surface area (Å²) in [4.78, 5) is 0. The summed E-state index contributed by atoms with van der Waals surface area (Å²) in [6, 6.07) is 5.10. The Bertz CT molecular complexity index is 597. The van der Waals surface area contributed by atoms with Gasteiger partial charge in [0.25, 0.3) is 5.76 Å². The fraction of sp³-hybridized carbons (Fsp3) is 0.231. The lowest BCUT2D eigenvalue weighted by Crippen LogP contribution is -2.02. The van der Waals surface area contributed by atoms with Crippen molar-refractivity contribution in [1.82, 2.24) is 0 Å². The molecule has 0 spiro atoms. The molecule has 0 aliphatic carbocycles. The molecule has 1 aromatic carbocycles. The number of anilines is 1. The average molecular weight is 384 g/mol. The van der Waals surface area contributed by atoms with Crippen molar-refractivity contribution < 1.29 is 22.0 Å². The minimum atomic E-state index is -2.46. The predicted molar refractivity (Wildman–Crippen MR) is 77.4 cm³/mol. The minimum Gasteiger partial charge on any atom is -0.463 e. The van der Waals surface area contributed by atoms with Crippen LogP contribution in [0.1, 0.15) is 11.5 Å². The van der Waals surface area contributed by atoms with Gasteiger partial charge in [-0.2, -0.15) is 8.78 Å². The normalized spacial score (nSPS) is 11.1.